The fraction of sp³-hybridized carbons (Fsp3) is 0.440. The smallest absolute Gasteiger partial charge is 0.242 e. The third-order valence-electron chi connectivity index (χ3n) is 5.40. The molecule has 0 fully saturated rings. The van der Waals surface area contributed by atoms with E-state index in [-0.39, 0.29) is 49.6 Å². The quantitative estimate of drug-likeness (QED) is 0.520. The number of anilines is 1. The van der Waals surface area contributed by atoms with Crippen molar-refractivity contribution in [2.45, 2.75) is 59.2 Å². The lowest BCUT2D eigenvalue weighted by atomic mass is 10.1. The number of aryl methyl sites for hydroxylation is 1. The highest BCUT2D eigenvalue weighted by molar-refractivity contribution is 7.92. The molecule has 0 spiro atoms. The molecular weight excluding hydrogens is 457 g/mol. The number of amides is 2. The van der Waals surface area contributed by atoms with Gasteiger partial charge in [-0.25, -0.2) is 12.8 Å². The summed E-state index contributed by atoms with van der Waals surface area (Å²) in [6.45, 7) is 7.42. The number of benzene rings is 2. The van der Waals surface area contributed by atoms with Gasteiger partial charge in [0, 0.05) is 25.6 Å². The molecule has 0 saturated heterocycles. The van der Waals surface area contributed by atoms with Gasteiger partial charge in [0.15, 0.2) is 0 Å². The minimum absolute atomic E-state index is 0.0540. The van der Waals surface area contributed by atoms with Gasteiger partial charge in [0.25, 0.3) is 0 Å². The monoisotopic (exact) mass is 491 g/mol. The van der Waals surface area contributed by atoms with Crippen LogP contribution in [0.2, 0.25) is 0 Å². The van der Waals surface area contributed by atoms with Gasteiger partial charge in [-0.2, -0.15) is 0 Å². The minimum Gasteiger partial charge on any atom is -0.352 e. The molecule has 186 valence electrons. The topological polar surface area (TPSA) is 86.8 Å². The number of nitrogens with zero attached hydrogens (tertiary/aromatic N) is 2. The van der Waals surface area contributed by atoms with E-state index in [0.717, 1.165) is 11.8 Å². The van der Waals surface area contributed by atoms with E-state index in [0.29, 0.717) is 11.3 Å². The van der Waals surface area contributed by atoms with Gasteiger partial charge in [0.1, 0.15) is 11.9 Å². The second-order valence-electron chi connectivity index (χ2n) is 8.71. The van der Waals surface area contributed by atoms with Crippen LogP contribution in [-0.2, 0) is 26.2 Å². The summed E-state index contributed by atoms with van der Waals surface area (Å²) in [6, 6.07) is 12.1. The van der Waals surface area contributed by atoms with E-state index >= 15 is 0 Å². The largest absolute Gasteiger partial charge is 0.352 e. The molecule has 2 amide bonds. The average Bonchev–Trinajstić information content (AvgIpc) is 2.75. The van der Waals surface area contributed by atoms with Crippen molar-refractivity contribution in [2.75, 3.05) is 17.1 Å². The summed E-state index contributed by atoms with van der Waals surface area (Å²) in [5.74, 6) is -0.957. The van der Waals surface area contributed by atoms with E-state index in [2.05, 4.69) is 5.32 Å². The van der Waals surface area contributed by atoms with Crippen LogP contribution in [-0.4, -0.2) is 50.0 Å². The van der Waals surface area contributed by atoms with Crippen molar-refractivity contribution < 1.29 is 22.4 Å². The fourth-order valence-electron chi connectivity index (χ4n) is 3.60. The summed E-state index contributed by atoms with van der Waals surface area (Å²) < 4.78 is 39.4. The summed E-state index contributed by atoms with van der Waals surface area (Å²) in [5, 5.41) is 2.81. The summed E-state index contributed by atoms with van der Waals surface area (Å²) in [4.78, 5) is 27.3. The maximum Gasteiger partial charge on any atom is 0.242 e. The van der Waals surface area contributed by atoms with Crippen molar-refractivity contribution in [1.82, 2.24) is 10.2 Å². The zero-order chi connectivity index (χ0) is 25.5. The number of carbonyl (C=O) groups excluding carboxylic acids is 2. The van der Waals surface area contributed by atoms with Gasteiger partial charge in [0.05, 0.1) is 11.9 Å². The summed E-state index contributed by atoms with van der Waals surface area (Å²) in [6.07, 6.45) is 1.47. The van der Waals surface area contributed by atoms with E-state index in [1.54, 1.807) is 31.2 Å². The Morgan fingerprint density at radius 1 is 1.03 bits per heavy atom. The zero-order valence-electron chi connectivity index (χ0n) is 20.4. The fourth-order valence-corrected chi connectivity index (χ4v) is 4.62. The van der Waals surface area contributed by atoms with Crippen molar-refractivity contribution in [3.05, 3.63) is 65.5 Å². The molecule has 1 atom stereocenters. The van der Waals surface area contributed by atoms with Crippen LogP contribution < -0.4 is 9.62 Å². The van der Waals surface area contributed by atoms with Gasteiger partial charge in [-0.3, -0.25) is 13.9 Å². The Balaban J connectivity index is 2.17. The third-order valence-corrected chi connectivity index (χ3v) is 6.58. The Hall–Kier alpha value is -2.94. The molecule has 0 unspecified atom stereocenters. The summed E-state index contributed by atoms with van der Waals surface area (Å²) >= 11 is 0. The molecule has 0 bridgehead atoms. The molecule has 2 rings (SSSR count). The van der Waals surface area contributed by atoms with Crippen molar-refractivity contribution in [2.24, 2.45) is 0 Å². The van der Waals surface area contributed by atoms with Gasteiger partial charge in [-0.05, 0) is 63.4 Å². The number of nitrogens with one attached hydrogen (secondary N) is 1. The number of sulfonamides is 1. The Labute approximate surface area is 202 Å². The average molecular weight is 492 g/mol. The molecule has 2 aromatic rings. The van der Waals surface area contributed by atoms with Crippen molar-refractivity contribution >= 4 is 27.5 Å². The first-order chi connectivity index (χ1) is 15.9. The first kappa shape index (κ1) is 27.3. The van der Waals surface area contributed by atoms with Gasteiger partial charge < -0.3 is 10.2 Å². The maximum absolute atomic E-state index is 13.3. The van der Waals surface area contributed by atoms with Crippen LogP contribution in [0, 0.1) is 12.7 Å². The Morgan fingerprint density at radius 3 is 2.21 bits per heavy atom. The van der Waals surface area contributed by atoms with E-state index in [9.17, 15) is 22.4 Å². The second kappa shape index (κ2) is 12.0. The molecule has 34 heavy (non-hydrogen) atoms. The molecule has 0 aromatic heterocycles. The normalized spacial score (nSPS) is 12.3. The number of rotatable bonds is 11. The Kier molecular flexibility index (Phi) is 9.61. The SMILES string of the molecule is Cc1ccccc1N(CCCC(=O)N(Cc1ccc(F)cc1)[C@@H](C)C(=O)NC(C)C)S(C)(=O)=O. The van der Waals surface area contributed by atoms with Gasteiger partial charge >= 0.3 is 0 Å². The van der Waals surface area contributed by atoms with Gasteiger partial charge in [-0.15, -0.1) is 0 Å². The third kappa shape index (κ3) is 7.83. The summed E-state index contributed by atoms with van der Waals surface area (Å²) in [5.41, 5.74) is 2.08. The zero-order valence-corrected chi connectivity index (χ0v) is 21.2. The Bertz CT molecular complexity index is 1090. The number of hydrogen-bond acceptors (Lipinski definition) is 4. The standard InChI is InChI=1S/C25H34FN3O4S/c1-18(2)27-25(31)20(4)28(17-21-12-14-22(26)15-13-21)24(30)11-8-16-29(34(5,32)33)23-10-7-6-9-19(23)3/h6-7,9-10,12-15,18,20H,8,11,16-17H2,1-5H3,(H,27,31)/t20-/m0/s1. The van der Waals surface area contributed by atoms with Crippen LogP contribution in [0.4, 0.5) is 10.1 Å². The van der Waals surface area contributed by atoms with Crippen LogP contribution in [0.25, 0.3) is 0 Å². The van der Waals surface area contributed by atoms with Gasteiger partial charge in [-0.1, -0.05) is 30.3 Å². The van der Waals surface area contributed by atoms with Gasteiger partial charge in [0.2, 0.25) is 21.8 Å². The predicted octanol–water partition coefficient (Wildman–Crippen LogP) is 3.62. The van der Waals surface area contributed by atoms with E-state index < -0.39 is 16.1 Å². The van der Waals surface area contributed by atoms with Crippen LogP contribution in [0.15, 0.2) is 48.5 Å². The number of halogens is 1. The molecule has 2 aromatic carbocycles. The molecule has 0 heterocycles. The van der Waals surface area contributed by atoms with Crippen molar-refractivity contribution in [3.8, 4) is 0 Å². The maximum atomic E-state index is 13.3. The minimum atomic E-state index is -3.55. The molecule has 0 aliphatic rings. The highest BCUT2D eigenvalue weighted by Crippen LogP contribution is 2.23. The van der Waals surface area contributed by atoms with Crippen LogP contribution >= 0.6 is 0 Å². The molecule has 0 aliphatic carbocycles. The van der Waals surface area contributed by atoms with E-state index in [4.69, 9.17) is 0 Å². The van der Waals surface area contributed by atoms with Crippen molar-refractivity contribution in [3.63, 3.8) is 0 Å². The highest BCUT2D eigenvalue weighted by Gasteiger charge is 2.27. The van der Waals surface area contributed by atoms with E-state index in [1.165, 1.54) is 21.3 Å². The molecular formula is C25H34FN3O4S. The first-order valence-electron chi connectivity index (χ1n) is 11.3. The molecule has 9 heteroatoms. The van der Waals surface area contributed by atoms with Crippen LogP contribution in [0.1, 0.15) is 44.7 Å². The van der Waals surface area contributed by atoms with Crippen LogP contribution in [0.3, 0.4) is 0 Å². The first-order valence-corrected chi connectivity index (χ1v) is 13.1. The Morgan fingerprint density at radius 2 is 1.65 bits per heavy atom. The molecule has 7 nitrogen and oxygen atoms in total. The lowest BCUT2D eigenvalue weighted by Gasteiger charge is -2.30. The lowest BCUT2D eigenvalue weighted by molar-refractivity contribution is -0.140. The highest BCUT2D eigenvalue weighted by atomic mass is 32.2. The molecule has 0 aliphatic heterocycles. The number of para-hydroxylation sites is 1. The molecule has 0 saturated carbocycles. The molecule has 1 N–H and O–H groups in total. The second-order valence-corrected chi connectivity index (χ2v) is 10.6. The van der Waals surface area contributed by atoms with E-state index in [1.807, 2.05) is 32.9 Å². The summed E-state index contributed by atoms with van der Waals surface area (Å²) in [7, 11) is -3.55. The molecule has 0 radical (unpaired) electrons. The lowest BCUT2D eigenvalue weighted by Crippen LogP contribution is -2.49. The number of hydrogen-bond donors (Lipinski definition) is 1. The van der Waals surface area contributed by atoms with Crippen molar-refractivity contribution in [1.29, 1.82) is 0 Å². The van der Waals surface area contributed by atoms with Crippen LogP contribution in [0.5, 0.6) is 0 Å². The predicted molar refractivity (Wildman–Crippen MR) is 132 cm³/mol. The number of carbonyl (C=O) groups is 2.